The van der Waals surface area contributed by atoms with Crippen molar-refractivity contribution < 1.29 is 24.8 Å². The van der Waals surface area contributed by atoms with E-state index in [0.29, 0.717) is 6.61 Å². The van der Waals surface area contributed by atoms with Crippen LogP contribution >= 0.6 is 0 Å². The van der Waals surface area contributed by atoms with Crippen molar-refractivity contribution in [3.63, 3.8) is 0 Å². The zero-order valence-corrected chi connectivity index (χ0v) is 13.7. The minimum atomic E-state index is -1.06. The summed E-state index contributed by atoms with van der Waals surface area (Å²) in [5, 5.41) is 28.3. The lowest BCUT2D eigenvalue weighted by Crippen LogP contribution is -2.41. The van der Waals surface area contributed by atoms with E-state index in [0.717, 1.165) is 19.3 Å². The number of aliphatic hydroxyl groups excluding tert-OH is 3. The Hall–Kier alpha value is -0.460. The van der Waals surface area contributed by atoms with Crippen LogP contribution in [0.25, 0.3) is 0 Å². The van der Waals surface area contributed by atoms with Gasteiger partial charge in [0.25, 0.3) is 0 Å². The van der Waals surface area contributed by atoms with Crippen LogP contribution < -0.4 is 0 Å². The van der Waals surface area contributed by atoms with E-state index < -0.39 is 31.0 Å². The molecule has 0 spiro atoms. The third kappa shape index (κ3) is 7.20. The van der Waals surface area contributed by atoms with E-state index in [1.54, 1.807) is 0 Å². The predicted octanol–water partition coefficient (Wildman–Crippen LogP) is 1.79. The van der Waals surface area contributed by atoms with Gasteiger partial charge in [-0.1, -0.05) is 38.3 Å². The first-order chi connectivity index (χ1) is 10.7. The lowest BCUT2D eigenvalue weighted by atomic mass is 10.1. The van der Waals surface area contributed by atoms with Crippen molar-refractivity contribution in [2.24, 2.45) is 0 Å². The lowest BCUT2D eigenvalue weighted by Gasteiger charge is -2.20. The molecule has 0 aliphatic carbocycles. The van der Waals surface area contributed by atoms with Gasteiger partial charge in [-0.05, 0) is 25.7 Å². The van der Waals surface area contributed by atoms with Crippen LogP contribution in [0, 0.1) is 0 Å². The van der Waals surface area contributed by atoms with E-state index in [-0.39, 0.29) is 6.61 Å². The fourth-order valence-corrected chi connectivity index (χ4v) is 2.56. The fourth-order valence-electron chi connectivity index (χ4n) is 2.56. The summed E-state index contributed by atoms with van der Waals surface area (Å²) >= 11 is 0. The third-order valence-corrected chi connectivity index (χ3v) is 3.97. The highest BCUT2D eigenvalue weighted by Crippen LogP contribution is 2.20. The molecule has 130 valence electrons. The van der Waals surface area contributed by atoms with Crippen LogP contribution in [0.2, 0.25) is 0 Å². The van der Waals surface area contributed by atoms with Gasteiger partial charge in [-0.25, -0.2) is 0 Å². The topological polar surface area (TPSA) is 79.2 Å². The van der Waals surface area contributed by atoms with Gasteiger partial charge >= 0.3 is 0 Å². The van der Waals surface area contributed by atoms with Crippen molar-refractivity contribution >= 4 is 0 Å². The summed E-state index contributed by atoms with van der Waals surface area (Å²) < 4.78 is 10.9. The van der Waals surface area contributed by atoms with Gasteiger partial charge < -0.3 is 24.8 Å². The molecule has 1 fully saturated rings. The molecule has 0 radical (unpaired) electrons. The molecule has 0 aromatic rings. The monoisotopic (exact) mass is 316 g/mol. The Morgan fingerprint density at radius 3 is 2.59 bits per heavy atom. The Balaban J connectivity index is 2.02. The SMILES string of the molecule is CCCCCC/C=C/CCCO[C@H]1CO[C@H]([C@H](O)CO)[C@@H]1O. The highest BCUT2D eigenvalue weighted by molar-refractivity contribution is 4.89. The first-order valence-corrected chi connectivity index (χ1v) is 8.55. The first kappa shape index (κ1) is 19.6. The molecule has 1 rings (SSSR count). The van der Waals surface area contributed by atoms with Crippen molar-refractivity contribution in [1.29, 1.82) is 0 Å². The third-order valence-electron chi connectivity index (χ3n) is 3.97. The largest absolute Gasteiger partial charge is 0.394 e. The molecule has 0 saturated carbocycles. The number of aliphatic hydroxyl groups is 3. The molecule has 0 aromatic heterocycles. The van der Waals surface area contributed by atoms with Crippen LogP contribution in [0.1, 0.15) is 51.9 Å². The Labute approximate surface area is 133 Å². The fraction of sp³-hybridized carbons (Fsp3) is 0.882. The predicted molar refractivity (Wildman–Crippen MR) is 85.7 cm³/mol. The number of hydrogen-bond donors (Lipinski definition) is 3. The minimum Gasteiger partial charge on any atom is -0.394 e. The molecule has 5 heteroatoms. The van der Waals surface area contributed by atoms with Crippen LogP contribution in [0.15, 0.2) is 12.2 Å². The summed E-state index contributed by atoms with van der Waals surface area (Å²) in [6, 6.07) is 0. The summed E-state index contributed by atoms with van der Waals surface area (Å²) in [6.07, 6.45) is 9.52. The van der Waals surface area contributed by atoms with E-state index in [2.05, 4.69) is 19.1 Å². The minimum absolute atomic E-state index is 0.260. The summed E-state index contributed by atoms with van der Waals surface area (Å²) in [4.78, 5) is 0. The Kier molecular flexibility index (Phi) is 10.7. The summed E-state index contributed by atoms with van der Waals surface area (Å²) in [5.41, 5.74) is 0. The molecule has 1 saturated heterocycles. The molecule has 0 unspecified atom stereocenters. The molecule has 3 N–H and O–H groups in total. The van der Waals surface area contributed by atoms with Crippen molar-refractivity contribution in [2.45, 2.75) is 76.3 Å². The Morgan fingerprint density at radius 1 is 1.18 bits per heavy atom. The number of allylic oxidation sites excluding steroid dienone is 2. The molecule has 0 amide bonds. The molecule has 1 aliphatic heterocycles. The molecule has 1 heterocycles. The average molecular weight is 316 g/mol. The van der Waals surface area contributed by atoms with E-state index >= 15 is 0 Å². The van der Waals surface area contributed by atoms with Crippen LogP contribution in [0.3, 0.4) is 0 Å². The highest BCUT2D eigenvalue weighted by Gasteiger charge is 2.40. The Bertz CT molecular complexity index is 295. The second-order valence-electron chi connectivity index (χ2n) is 5.91. The summed E-state index contributed by atoms with van der Waals surface area (Å²) in [6.45, 7) is 2.62. The normalized spacial score (nSPS) is 26.8. The summed E-state index contributed by atoms with van der Waals surface area (Å²) in [7, 11) is 0. The number of rotatable bonds is 12. The molecular weight excluding hydrogens is 284 g/mol. The molecule has 5 nitrogen and oxygen atoms in total. The molecule has 0 bridgehead atoms. The smallest absolute Gasteiger partial charge is 0.114 e. The van der Waals surface area contributed by atoms with E-state index in [1.165, 1.54) is 25.7 Å². The zero-order valence-electron chi connectivity index (χ0n) is 13.7. The van der Waals surface area contributed by atoms with E-state index in [1.807, 2.05) is 0 Å². The highest BCUT2D eigenvalue weighted by atomic mass is 16.6. The number of unbranched alkanes of at least 4 members (excludes halogenated alkanes) is 5. The molecule has 1 aliphatic rings. The van der Waals surface area contributed by atoms with Gasteiger partial charge in [-0.2, -0.15) is 0 Å². The van der Waals surface area contributed by atoms with Gasteiger partial charge in [0, 0.05) is 6.61 Å². The van der Waals surface area contributed by atoms with Gasteiger partial charge in [0.1, 0.15) is 24.4 Å². The maximum absolute atomic E-state index is 9.96. The second kappa shape index (κ2) is 12.0. The zero-order chi connectivity index (χ0) is 16.2. The molecule has 22 heavy (non-hydrogen) atoms. The van der Waals surface area contributed by atoms with Gasteiger partial charge in [0.15, 0.2) is 0 Å². The Morgan fingerprint density at radius 2 is 1.91 bits per heavy atom. The van der Waals surface area contributed by atoms with Gasteiger partial charge in [-0.15, -0.1) is 0 Å². The van der Waals surface area contributed by atoms with Crippen molar-refractivity contribution in [3.05, 3.63) is 12.2 Å². The molecule has 0 aromatic carbocycles. The van der Waals surface area contributed by atoms with Crippen molar-refractivity contribution in [2.75, 3.05) is 19.8 Å². The van der Waals surface area contributed by atoms with Crippen LogP contribution in [0.4, 0.5) is 0 Å². The van der Waals surface area contributed by atoms with E-state index in [4.69, 9.17) is 14.6 Å². The standard InChI is InChI=1S/C17H32O5/c1-2-3-4-5-6-7-8-9-10-11-21-15-13-22-17(16(15)20)14(19)12-18/h7-8,14-20H,2-6,9-13H2,1H3/b8-7+/t14-,15+,16-,17-/m1/s1. The first-order valence-electron chi connectivity index (χ1n) is 8.55. The van der Waals surface area contributed by atoms with E-state index in [9.17, 15) is 10.2 Å². The van der Waals surface area contributed by atoms with Gasteiger partial charge in [0.2, 0.25) is 0 Å². The average Bonchev–Trinajstić information content (AvgIpc) is 2.89. The quantitative estimate of drug-likeness (QED) is 0.378. The second-order valence-corrected chi connectivity index (χ2v) is 5.91. The van der Waals surface area contributed by atoms with Gasteiger partial charge in [-0.3, -0.25) is 0 Å². The van der Waals surface area contributed by atoms with Crippen molar-refractivity contribution in [1.82, 2.24) is 0 Å². The van der Waals surface area contributed by atoms with Gasteiger partial charge in [0.05, 0.1) is 13.2 Å². The van der Waals surface area contributed by atoms with Crippen LogP contribution in [-0.4, -0.2) is 59.6 Å². The number of ether oxygens (including phenoxy) is 2. The molecule has 4 atom stereocenters. The van der Waals surface area contributed by atoms with Crippen LogP contribution in [-0.2, 0) is 9.47 Å². The van der Waals surface area contributed by atoms with Crippen molar-refractivity contribution in [3.8, 4) is 0 Å². The molecular formula is C17H32O5. The maximum Gasteiger partial charge on any atom is 0.114 e. The lowest BCUT2D eigenvalue weighted by molar-refractivity contribution is -0.0729. The number of hydrogen-bond acceptors (Lipinski definition) is 5. The van der Waals surface area contributed by atoms with Crippen LogP contribution in [0.5, 0.6) is 0 Å². The summed E-state index contributed by atoms with van der Waals surface area (Å²) in [5.74, 6) is 0. The maximum atomic E-state index is 9.96.